The third-order valence-electron chi connectivity index (χ3n) is 5.10. The van der Waals surface area contributed by atoms with Gasteiger partial charge in [-0.2, -0.15) is 5.26 Å². The standard InChI is InChI=1S/C19H18N4O9/c1-19(2)17(24)16(13-7-11(8-20)3-4-15(13)32-19)21-6-5-12(9-30-22(26)27)14(18(21)25)10-31-23(28)29/h3-7,16-17,24H,9-10H2,1-2H3. The first kappa shape index (κ1) is 22.5. The van der Waals surface area contributed by atoms with Crippen LogP contribution in [0.2, 0.25) is 0 Å². The number of ether oxygens (including phenoxy) is 1. The van der Waals surface area contributed by atoms with Gasteiger partial charge in [-0.3, -0.25) is 4.79 Å². The van der Waals surface area contributed by atoms with E-state index in [-0.39, 0.29) is 16.7 Å². The predicted molar refractivity (Wildman–Crippen MR) is 104 cm³/mol. The minimum Gasteiger partial charge on any atom is -0.485 e. The van der Waals surface area contributed by atoms with Crippen molar-refractivity contribution in [3.63, 3.8) is 0 Å². The molecule has 0 fully saturated rings. The van der Waals surface area contributed by atoms with Crippen molar-refractivity contribution in [1.29, 1.82) is 5.26 Å². The first-order valence-corrected chi connectivity index (χ1v) is 9.23. The van der Waals surface area contributed by atoms with E-state index in [1.807, 2.05) is 6.07 Å². The number of aliphatic hydroxyl groups is 1. The number of nitrogens with zero attached hydrogens (tertiary/aromatic N) is 4. The summed E-state index contributed by atoms with van der Waals surface area (Å²) >= 11 is 0. The van der Waals surface area contributed by atoms with Crippen LogP contribution in [-0.2, 0) is 22.9 Å². The zero-order valence-electron chi connectivity index (χ0n) is 17.0. The maximum absolute atomic E-state index is 13.3. The summed E-state index contributed by atoms with van der Waals surface area (Å²) in [7, 11) is 0. The maximum Gasteiger partial charge on any atom is 0.294 e. The number of aromatic nitrogens is 1. The summed E-state index contributed by atoms with van der Waals surface area (Å²) in [5.41, 5.74) is -1.53. The number of pyridine rings is 1. The van der Waals surface area contributed by atoms with Crippen LogP contribution in [0.25, 0.3) is 0 Å². The van der Waals surface area contributed by atoms with E-state index in [0.29, 0.717) is 11.3 Å². The highest BCUT2D eigenvalue weighted by molar-refractivity contribution is 5.47. The Labute approximate surface area is 180 Å². The van der Waals surface area contributed by atoms with Gasteiger partial charge < -0.3 is 24.1 Å². The topological polar surface area (TPSA) is 180 Å². The van der Waals surface area contributed by atoms with E-state index in [9.17, 15) is 35.4 Å². The van der Waals surface area contributed by atoms with Gasteiger partial charge in [-0.05, 0) is 43.7 Å². The lowest BCUT2D eigenvalue weighted by Gasteiger charge is -2.42. The zero-order valence-corrected chi connectivity index (χ0v) is 17.0. The summed E-state index contributed by atoms with van der Waals surface area (Å²) in [6, 6.07) is 6.83. The molecule has 168 valence electrons. The van der Waals surface area contributed by atoms with Gasteiger partial charge in [-0.25, -0.2) is 0 Å². The highest BCUT2D eigenvalue weighted by Crippen LogP contribution is 2.41. The van der Waals surface area contributed by atoms with Crippen LogP contribution in [0.4, 0.5) is 0 Å². The number of aliphatic hydroxyl groups excluding tert-OH is 1. The molecule has 1 aromatic heterocycles. The lowest BCUT2D eigenvalue weighted by Crippen LogP contribution is -2.52. The van der Waals surface area contributed by atoms with Crippen LogP contribution in [0, 0.1) is 31.6 Å². The first-order chi connectivity index (χ1) is 15.0. The zero-order chi connectivity index (χ0) is 23.6. The van der Waals surface area contributed by atoms with Crippen LogP contribution >= 0.6 is 0 Å². The average molecular weight is 446 g/mol. The summed E-state index contributed by atoms with van der Waals surface area (Å²) in [6.07, 6.45) is 0.0289. The summed E-state index contributed by atoms with van der Waals surface area (Å²) in [5, 5.41) is 39.3. The smallest absolute Gasteiger partial charge is 0.294 e. The fraction of sp³-hybridized carbons (Fsp3) is 0.368. The molecule has 2 unspecified atom stereocenters. The number of rotatable bonds is 7. The minimum absolute atomic E-state index is 0.0107. The van der Waals surface area contributed by atoms with Gasteiger partial charge in [-0.1, -0.05) is 0 Å². The molecule has 0 aliphatic carbocycles. The SMILES string of the molecule is CC1(C)Oc2ccc(C#N)cc2C(n2ccc(CO[N+](=O)[O-])c(CO[N+](=O)[O-])c2=O)C1O. The van der Waals surface area contributed by atoms with Gasteiger partial charge in [-0.15, -0.1) is 20.2 Å². The maximum atomic E-state index is 13.3. The Morgan fingerprint density at radius 3 is 2.50 bits per heavy atom. The molecular formula is C19H18N4O9. The summed E-state index contributed by atoms with van der Waals surface area (Å²) < 4.78 is 6.96. The summed E-state index contributed by atoms with van der Waals surface area (Å²) in [5.74, 6) is 0.347. The Kier molecular flexibility index (Phi) is 5.99. The van der Waals surface area contributed by atoms with Gasteiger partial charge >= 0.3 is 0 Å². The Morgan fingerprint density at radius 2 is 1.88 bits per heavy atom. The van der Waals surface area contributed by atoms with E-state index < -0.39 is 46.7 Å². The molecule has 1 N–H and O–H groups in total. The first-order valence-electron chi connectivity index (χ1n) is 9.23. The molecule has 0 amide bonds. The second-order valence-corrected chi connectivity index (χ2v) is 7.49. The molecule has 0 saturated heterocycles. The molecule has 3 rings (SSSR count). The van der Waals surface area contributed by atoms with Crippen molar-refractivity contribution in [3.8, 4) is 11.8 Å². The van der Waals surface area contributed by atoms with Crippen LogP contribution in [-0.4, -0.2) is 31.6 Å². The van der Waals surface area contributed by atoms with Crippen LogP contribution < -0.4 is 10.3 Å². The number of nitriles is 1. The molecule has 2 aromatic rings. The lowest BCUT2D eigenvalue weighted by atomic mass is 9.85. The minimum atomic E-state index is -1.26. The van der Waals surface area contributed by atoms with Gasteiger partial charge in [0.25, 0.3) is 15.7 Å². The molecule has 13 nitrogen and oxygen atoms in total. The molecule has 0 bridgehead atoms. The van der Waals surface area contributed by atoms with E-state index in [4.69, 9.17) is 4.74 Å². The molecule has 13 heteroatoms. The molecule has 0 spiro atoms. The van der Waals surface area contributed by atoms with Crippen LogP contribution in [0.1, 0.15) is 42.1 Å². The fourth-order valence-electron chi connectivity index (χ4n) is 3.52. The highest BCUT2D eigenvalue weighted by Gasteiger charge is 2.44. The van der Waals surface area contributed by atoms with Gasteiger partial charge in [0, 0.05) is 17.3 Å². The van der Waals surface area contributed by atoms with E-state index in [1.165, 1.54) is 24.4 Å². The summed E-state index contributed by atoms with van der Waals surface area (Å²) in [6.45, 7) is 1.83. The van der Waals surface area contributed by atoms with Crippen molar-refractivity contribution < 1.29 is 29.7 Å². The molecular weight excluding hydrogens is 428 g/mol. The van der Waals surface area contributed by atoms with Crippen LogP contribution in [0.15, 0.2) is 35.3 Å². The molecule has 32 heavy (non-hydrogen) atoms. The largest absolute Gasteiger partial charge is 0.485 e. The van der Waals surface area contributed by atoms with Crippen LogP contribution in [0.5, 0.6) is 5.75 Å². The van der Waals surface area contributed by atoms with Gasteiger partial charge in [0.2, 0.25) is 0 Å². The van der Waals surface area contributed by atoms with Gasteiger partial charge in [0.15, 0.2) is 0 Å². The second-order valence-electron chi connectivity index (χ2n) is 7.49. The van der Waals surface area contributed by atoms with E-state index >= 15 is 0 Å². The molecule has 1 aliphatic heterocycles. The van der Waals surface area contributed by atoms with E-state index in [2.05, 4.69) is 9.68 Å². The lowest BCUT2D eigenvalue weighted by molar-refractivity contribution is -0.764. The van der Waals surface area contributed by atoms with Crippen molar-refractivity contribution in [3.05, 3.63) is 83.3 Å². The van der Waals surface area contributed by atoms with Gasteiger partial charge in [0.1, 0.15) is 30.7 Å². The van der Waals surface area contributed by atoms with Crippen molar-refractivity contribution in [2.75, 3.05) is 0 Å². The van der Waals surface area contributed by atoms with Crippen molar-refractivity contribution >= 4 is 0 Å². The summed E-state index contributed by atoms with van der Waals surface area (Å²) in [4.78, 5) is 43.1. The molecule has 0 radical (unpaired) electrons. The number of hydrogen-bond donors (Lipinski definition) is 1. The quantitative estimate of drug-likeness (QED) is 0.480. The van der Waals surface area contributed by atoms with Crippen molar-refractivity contribution in [2.45, 2.75) is 44.8 Å². The Bertz CT molecular complexity index is 1170. The van der Waals surface area contributed by atoms with Crippen molar-refractivity contribution in [1.82, 2.24) is 4.57 Å². The van der Waals surface area contributed by atoms with E-state index in [1.54, 1.807) is 19.9 Å². The Balaban J connectivity index is 2.18. The number of hydrogen-bond acceptors (Lipinski definition) is 10. The Hall–Kier alpha value is -4.18. The third-order valence-corrected chi connectivity index (χ3v) is 5.10. The number of benzene rings is 1. The third kappa shape index (κ3) is 4.30. The van der Waals surface area contributed by atoms with Crippen LogP contribution in [0.3, 0.4) is 0 Å². The Morgan fingerprint density at radius 1 is 1.22 bits per heavy atom. The molecule has 2 heterocycles. The molecule has 2 atom stereocenters. The van der Waals surface area contributed by atoms with E-state index in [0.717, 1.165) is 4.57 Å². The molecule has 1 aliphatic rings. The molecule has 0 saturated carbocycles. The molecule has 1 aromatic carbocycles. The normalized spacial score (nSPS) is 18.6. The predicted octanol–water partition coefficient (Wildman–Crippen LogP) is 1.26. The fourth-order valence-corrected chi connectivity index (χ4v) is 3.52. The van der Waals surface area contributed by atoms with Gasteiger partial charge in [0.05, 0.1) is 17.7 Å². The second kappa shape index (κ2) is 8.52. The monoisotopic (exact) mass is 446 g/mol. The average Bonchev–Trinajstić information content (AvgIpc) is 2.72. The number of fused-ring (bicyclic) bond motifs is 1. The van der Waals surface area contributed by atoms with Crippen molar-refractivity contribution in [2.24, 2.45) is 0 Å². The highest BCUT2D eigenvalue weighted by atomic mass is 17.0.